The number of amides is 1. The van der Waals surface area contributed by atoms with Crippen molar-refractivity contribution in [3.63, 3.8) is 0 Å². The van der Waals surface area contributed by atoms with Crippen LogP contribution in [0.25, 0.3) is 10.4 Å². The van der Waals surface area contributed by atoms with E-state index in [0.717, 1.165) is 40.5 Å². The molecular weight excluding hydrogens is 328 g/mol. The predicted octanol–water partition coefficient (Wildman–Crippen LogP) is 4.11. The smallest absolute Gasteiger partial charge is 0.261 e. The molecule has 3 nitrogen and oxygen atoms in total. The minimum Gasteiger partial charge on any atom is -0.351 e. The molecule has 1 amide bonds. The van der Waals surface area contributed by atoms with E-state index in [9.17, 15) is 4.79 Å². The molecule has 0 radical (unpaired) electrons. The zero-order valence-corrected chi connectivity index (χ0v) is 14.8. The Kier molecular flexibility index (Phi) is 5.36. The fraction of sp³-hybridized carbons (Fsp3) is 0.389. The van der Waals surface area contributed by atoms with Crippen molar-refractivity contribution in [3.05, 3.63) is 45.8 Å². The van der Waals surface area contributed by atoms with Gasteiger partial charge in [0.05, 0.1) is 4.88 Å². The van der Waals surface area contributed by atoms with E-state index < -0.39 is 0 Å². The summed E-state index contributed by atoms with van der Waals surface area (Å²) in [6, 6.07) is 9.73. The first kappa shape index (κ1) is 16.5. The van der Waals surface area contributed by atoms with Gasteiger partial charge in [-0.2, -0.15) is 0 Å². The number of carbonyl (C=O) groups is 1. The quantitative estimate of drug-likeness (QED) is 0.873. The van der Waals surface area contributed by atoms with Gasteiger partial charge < -0.3 is 10.6 Å². The van der Waals surface area contributed by atoms with Crippen LogP contribution in [-0.2, 0) is 0 Å². The Balaban J connectivity index is 1.68. The Hall–Kier alpha value is -1.36. The second-order valence-corrected chi connectivity index (χ2v) is 7.54. The zero-order chi connectivity index (χ0) is 16.2. The molecule has 0 aliphatic carbocycles. The summed E-state index contributed by atoms with van der Waals surface area (Å²) in [4.78, 5) is 14.3. The number of hydrogen-bond acceptors (Lipinski definition) is 3. The van der Waals surface area contributed by atoms with E-state index in [1.807, 2.05) is 37.3 Å². The highest BCUT2D eigenvalue weighted by Gasteiger charge is 2.17. The molecule has 1 aromatic carbocycles. The standard InChI is InChI=1S/C18H21ClN2OS/c1-12-8-16(18(22)21-11-13-4-3-7-20-10-13)23-17(12)14-5-2-6-15(19)9-14/h2,5-6,8-9,13,20H,3-4,7,10-11H2,1H3,(H,21,22). The van der Waals surface area contributed by atoms with Crippen LogP contribution in [0.3, 0.4) is 0 Å². The molecule has 1 atom stereocenters. The highest BCUT2D eigenvalue weighted by molar-refractivity contribution is 7.17. The summed E-state index contributed by atoms with van der Waals surface area (Å²) in [7, 11) is 0. The third-order valence-electron chi connectivity index (χ3n) is 4.18. The van der Waals surface area contributed by atoms with Crippen LogP contribution in [0, 0.1) is 12.8 Å². The van der Waals surface area contributed by atoms with Gasteiger partial charge in [-0.3, -0.25) is 4.79 Å². The van der Waals surface area contributed by atoms with Crippen molar-refractivity contribution < 1.29 is 4.79 Å². The summed E-state index contributed by atoms with van der Waals surface area (Å²) in [6.07, 6.45) is 2.38. The molecule has 3 rings (SSSR count). The molecule has 1 aliphatic heterocycles. The van der Waals surface area contributed by atoms with Crippen molar-refractivity contribution in [1.29, 1.82) is 0 Å². The van der Waals surface area contributed by atoms with Gasteiger partial charge in [0.15, 0.2) is 0 Å². The van der Waals surface area contributed by atoms with E-state index in [4.69, 9.17) is 11.6 Å². The van der Waals surface area contributed by atoms with E-state index in [1.54, 1.807) is 0 Å². The van der Waals surface area contributed by atoms with Gasteiger partial charge in [0.1, 0.15) is 0 Å². The van der Waals surface area contributed by atoms with Crippen molar-refractivity contribution in [2.24, 2.45) is 5.92 Å². The van der Waals surface area contributed by atoms with Gasteiger partial charge in [-0.15, -0.1) is 11.3 Å². The minimum atomic E-state index is 0.0250. The van der Waals surface area contributed by atoms with E-state index in [-0.39, 0.29) is 5.91 Å². The number of hydrogen-bond donors (Lipinski definition) is 2. The average Bonchev–Trinajstić information content (AvgIpc) is 2.95. The average molecular weight is 349 g/mol. The predicted molar refractivity (Wildman–Crippen MR) is 97.4 cm³/mol. The molecule has 1 fully saturated rings. The van der Waals surface area contributed by atoms with Gasteiger partial charge >= 0.3 is 0 Å². The molecule has 1 aromatic heterocycles. The number of rotatable bonds is 4. The van der Waals surface area contributed by atoms with Gasteiger partial charge in [-0.25, -0.2) is 0 Å². The molecule has 1 aliphatic rings. The van der Waals surface area contributed by atoms with Gasteiger partial charge in [0.2, 0.25) is 0 Å². The normalized spacial score (nSPS) is 17.9. The lowest BCUT2D eigenvalue weighted by Gasteiger charge is -2.22. The van der Waals surface area contributed by atoms with Crippen LogP contribution in [0.1, 0.15) is 28.1 Å². The van der Waals surface area contributed by atoms with Crippen LogP contribution in [-0.4, -0.2) is 25.5 Å². The van der Waals surface area contributed by atoms with E-state index in [1.165, 1.54) is 24.2 Å². The number of halogens is 1. The van der Waals surface area contributed by atoms with Gasteiger partial charge in [0, 0.05) is 16.4 Å². The highest BCUT2D eigenvalue weighted by atomic mass is 35.5. The van der Waals surface area contributed by atoms with Crippen molar-refractivity contribution in [1.82, 2.24) is 10.6 Å². The largest absolute Gasteiger partial charge is 0.351 e. The number of carbonyl (C=O) groups excluding carboxylic acids is 1. The van der Waals surface area contributed by atoms with Crippen molar-refractivity contribution >= 4 is 28.8 Å². The van der Waals surface area contributed by atoms with Gasteiger partial charge in [0.25, 0.3) is 5.91 Å². The molecule has 1 saturated heterocycles. The van der Waals surface area contributed by atoms with Crippen LogP contribution in [0.2, 0.25) is 5.02 Å². The molecule has 0 bridgehead atoms. The lowest BCUT2D eigenvalue weighted by atomic mass is 10.00. The summed E-state index contributed by atoms with van der Waals surface area (Å²) < 4.78 is 0. The third-order valence-corrected chi connectivity index (χ3v) is 5.70. The first-order chi connectivity index (χ1) is 11.1. The maximum atomic E-state index is 12.4. The van der Waals surface area contributed by atoms with Crippen molar-refractivity contribution in [3.8, 4) is 10.4 Å². The number of piperidine rings is 1. The summed E-state index contributed by atoms with van der Waals surface area (Å²) in [5.74, 6) is 0.568. The third kappa shape index (κ3) is 4.14. The Morgan fingerprint density at radius 1 is 1.43 bits per heavy atom. The Bertz CT molecular complexity index is 692. The molecule has 122 valence electrons. The van der Waals surface area contributed by atoms with E-state index in [2.05, 4.69) is 10.6 Å². The maximum absolute atomic E-state index is 12.4. The fourth-order valence-electron chi connectivity index (χ4n) is 2.93. The lowest BCUT2D eigenvalue weighted by molar-refractivity contribution is 0.0949. The van der Waals surface area contributed by atoms with Crippen molar-refractivity contribution in [2.75, 3.05) is 19.6 Å². The van der Waals surface area contributed by atoms with E-state index >= 15 is 0 Å². The number of benzene rings is 1. The molecule has 5 heteroatoms. The molecule has 0 spiro atoms. The molecular formula is C18H21ClN2OS. The zero-order valence-electron chi connectivity index (χ0n) is 13.2. The van der Waals surface area contributed by atoms with Gasteiger partial charge in [-0.1, -0.05) is 23.7 Å². The number of nitrogens with one attached hydrogen (secondary N) is 2. The first-order valence-corrected chi connectivity index (χ1v) is 9.18. The molecule has 1 unspecified atom stereocenters. The summed E-state index contributed by atoms with van der Waals surface area (Å²) >= 11 is 7.60. The van der Waals surface area contributed by atoms with Crippen LogP contribution in [0.4, 0.5) is 0 Å². The monoisotopic (exact) mass is 348 g/mol. The Morgan fingerprint density at radius 3 is 3.04 bits per heavy atom. The Labute approximate surface area is 146 Å². The fourth-order valence-corrected chi connectivity index (χ4v) is 4.21. The maximum Gasteiger partial charge on any atom is 0.261 e. The highest BCUT2D eigenvalue weighted by Crippen LogP contribution is 2.33. The molecule has 0 saturated carbocycles. The molecule has 2 heterocycles. The van der Waals surface area contributed by atoms with Crippen LogP contribution in [0.15, 0.2) is 30.3 Å². The SMILES string of the molecule is Cc1cc(C(=O)NCC2CCCNC2)sc1-c1cccc(Cl)c1. The first-order valence-electron chi connectivity index (χ1n) is 7.99. The van der Waals surface area contributed by atoms with Crippen LogP contribution >= 0.6 is 22.9 Å². The molecule has 23 heavy (non-hydrogen) atoms. The van der Waals surface area contributed by atoms with E-state index in [0.29, 0.717) is 10.9 Å². The number of aryl methyl sites for hydroxylation is 1. The second-order valence-electron chi connectivity index (χ2n) is 6.06. The topological polar surface area (TPSA) is 41.1 Å². The number of thiophene rings is 1. The summed E-state index contributed by atoms with van der Waals surface area (Å²) in [5, 5.41) is 7.17. The van der Waals surface area contributed by atoms with Crippen molar-refractivity contribution in [2.45, 2.75) is 19.8 Å². The molecule has 2 N–H and O–H groups in total. The second kappa shape index (κ2) is 7.47. The summed E-state index contributed by atoms with van der Waals surface area (Å²) in [6.45, 7) is 4.87. The van der Waals surface area contributed by atoms with Crippen LogP contribution in [0.5, 0.6) is 0 Å². The summed E-state index contributed by atoms with van der Waals surface area (Å²) in [5.41, 5.74) is 2.18. The van der Waals surface area contributed by atoms with Crippen LogP contribution < -0.4 is 10.6 Å². The molecule has 2 aromatic rings. The minimum absolute atomic E-state index is 0.0250. The van der Waals surface area contributed by atoms with Gasteiger partial charge in [-0.05, 0) is 68.1 Å². The lowest BCUT2D eigenvalue weighted by Crippen LogP contribution is -2.37. The Morgan fingerprint density at radius 2 is 2.30 bits per heavy atom.